The quantitative estimate of drug-likeness (QED) is 0.740. The minimum Gasteiger partial charge on any atom is -0.343 e. The van der Waals surface area contributed by atoms with Gasteiger partial charge in [0.15, 0.2) is 0 Å². The summed E-state index contributed by atoms with van der Waals surface area (Å²) in [4.78, 5) is 17.0. The highest BCUT2D eigenvalue weighted by Crippen LogP contribution is 2.05. The van der Waals surface area contributed by atoms with Gasteiger partial charge in [0.2, 0.25) is 0 Å². The third-order valence-electron chi connectivity index (χ3n) is 1.60. The minimum atomic E-state index is -0.0684. The molecular formula is C9H11BrN2O. The Balaban J connectivity index is 2.86. The lowest BCUT2D eigenvalue weighted by Gasteiger charge is -2.08. The van der Waals surface area contributed by atoms with Crippen molar-refractivity contribution in [3.8, 4) is 0 Å². The number of pyridine rings is 1. The summed E-state index contributed by atoms with van der Waals surface area (Å²) in [5, 5.41) is 0.760. The first kappa shape index (κ1) is 10.2. The summed E-state index contributed by atoms with van der Waals surface area (Å²) in [6, 6.07) is 3.62. The average molecular weight is 243 g/mol. The highest BCUT2D eigenvalue weighted by Gasteiger charge is 2.08. The fourth-order valence-corrected chi connectivity index (χ4v) is 1.19. The molecule has 1 aromatic heterocycles. The Kier molecular flexibility index (Phi) is 3.42. The van der Waals surface area contributed by atoms with Crippen LogP contribution in [-0.4, -0.2) is 29.9 Å². The van der Waals surface area contributed by atoms with Crippen molar-refractivity contribution in [1.82, 2.24) is 9.88 Å². The zero-order valence-electron chi connectivity index (χ0n) is 7.62. The maximum absolute atomic E-state index is 11.4. The Bertz CT molecular complexity index is 295. The predicted molar refractivity (Wildman–Crippen MR) is 54.9 cm³/mol. The van der Waals surface area contributed by atoms with E-state index in [0.29, 0.717) is 5.69 Å². The summed E-state index contributed by atoms with van der Waals surface area (Å²) >= 11 is 3.31. The first-order valence-electron chi connectivity index (χ1n) is 3.87. The van der Waals surface area contributed by atoms with Crippen LogP contribution in [0.3, 0.4) is 0 Å². The summed E-state index contributed by atoms with van der Waals surface area (Å²) in [7, 11) is 3.42. The molecule has 0 aliphatic rings. The number of carbonyl (C=O) groups excluding carboxylic acids is 1. The topological polar surface area (TPSA) is 33.2 Å². The van der Waals surface area contributed by atoms with E-state index in [0.717, 1.165) is 10.9 Å². The number of aromatic nitrogens is 1. The third kappa shape index (κ3) is 2.52. The smallest absolute Gasteiger partial charge is 0.271 e. The lowest BCUT2D eigenvalue weighted by molar-refractivity contribution is 0.0822. The highest BCUT2D eigenvalue weighted by atomic mass is 79.9. The number of halogens is 1. The molecule has 0 radical (unpaired) electrons. The Morgan fingerprint density at radius 2 is 2.23 bits per heavy atom. The molecule has 1 heterocycles. The largest absolute Gasteiger partial charge is 0.343 e. The third-order valence-corrected chi connectivity index (χ3v) is 2.25. The SMILES string of the molecule is CN(C)C(=O)c1ccc(CBr)cn1. The molecule has 0 spiro atoms. The molecule has 0 saturated heterocycles. The van der Waals surface area contributed by atoms with Crippen molar-refractivity contribution in [2.45, 2.75) is 5.33 Å². The summed E-state index contributed by atoms with van der Waals surface area (Å²) in [6.07, 6.45) is 1.70. The number of carbonyl (C=O) groups is 1. The molecule has 1 rings (SSSR count). The van der Waals surface area contributed by atoms with Gasteiger partial charge in [-0.25, -0.2) is 0 Å². The van der Waals surface area contributed by atoms with E-state index in [1.807, 2.05) is 6.07 Å². The van der Waals surface area contributed by atoms with Crippen molar-refractivity contribution in [3.05, 3.63) is 29.6 Å². The Hall–Kier alpha value is -0.900. The summed E-state index contributed by atoms with van der Waals surface area (Å²) in [5.74, 6) is -0.0684. The molecule has 13 heavy (non-hydrogen) atoms. The molecule has 3 nitrogen and oxygen atoms in total. The van der Waals surface area contributed by atoms with Gasteiger partial charge in [-0.3, -0.25) is 9.78 Å². The van der Waals surface area contributed by atoms with E-state index in [4.69, 9.17) is 0 Å². The fourth-order valence-electron chi connectivity index (χ4n) is 0.859. The van der Waals surface area contributed by atoms with Gasteiger partial charge in [0.05, 0.1) is 0 Å². The van der Waals surface area contributed by atoms with Gasteiger partial charge in [0.1, 0.15) is 5.69 Å². The normalized spacial score (nSPS) is 9.77. The van der Waals surface area contributed by atoms with Crippen LogP contribution in [0.5, 0.6) is 0 Å². The van der Waals surface area contributed by atoms with Gasteiger partial charge in [0, 0.05) is 25.6 Å². The van der Waals surface area contributed by atoms with Crippen LogP contribution < -0.4 is 0 Å². The van der Waals surface area contributed by atoms with E-state index in [1.54, 1.807) is 26.4 Å². The summed E-state index contributed by atoms with van der Waals surface area (Å²) < 4.78 is 0. The second kappa shape index (κ2) is 4.37. The van der Waals surface area contributed by atoms with Crippen LogP contribution in [0.15, 0.2) is 18.3 Å². The number of amides is 1. The second-order valence-electron chi connectivity index (χ2n) is 2.88. The number of rotatable bonds is 2. The Morgan fingerprint density at radius 3 is 2.62 bits per heavy atom. The molecule has 1 amide bonds. The van der Waals surface area contributed by atoms with Gasteiger partial charge in [-0.2, -0.15) is 0 Å². The van der Waals surface area contributed by atoms with Crippen LogP contribution in [0.25, 0.3) is 0 Å². The van der Waals surface area contributed by atoms with Gasteiger partial charge in [-0.05, 0) is 11.6 Å². The molecule has 0 bridgehead atoms. The van der Waals surface area contributed by atoms with E-state index in [1.165, 1.54) is 4.90 Å². The van der Waals surface area contributed by atoms with E-state index in [2.05, 4.69) is 20.9 Å². The number of nitrogens with zero attached hydrogens (tertiary/aromatic N) is 2. The Morgan fingerprint density at radius 1 is 1.54 bits per heavy atom. The number of alkyl halides is 1. The van der Waals surface area contributed by atoms with Crippen LogP contribution in [0.2, 0.25) is 0 Å². The molecular weight excluding hydrogens is 232 g/mol. The molecule has 0 unspecified atom stereocenters. The average Bonchev–Trinajstić information content (AvgIpc) is 2.17. The zero-order chi connectivity index (χ0) is 9.84. The first-order valence-corrected chi connectivity index (χ1v) is 5.00. The van der Waals surface area contributed by atoms with Crippen LogP contribution in [-0.2, 0) is 5.33 Å². The van der Waals surface area contributed by atoms with Crippen molar-refractivity contribution >= 4 is 21.8 Å². The van der Waals surface area contributed by atoms with Crippen LogP contribution in [0, 0.1) is 0 Å². The van der Waals surface area contributed by atoms with Gasteiger partial charge >= 0.3 is 0 Å². The van der Waals surface area contributed by atoms with E-state index < -0.39 is 0 Å². The molecule has 0 aliphatic heterocycles. The van der Waals surface area contributed by atoms with Gasteiger partial charge in [-0.15, -0.1) is 0 Å². The molecule has 1 aromatic rings. The second-order valence-corrected chi connectivity index (χ2v) is 3.45. The van der Waals surface area contributed by atoms with E-state index in [-0.39, 0.29) is 5.91 Å². The van der Waals surface area contributed by atoms with Gasteiger partial charge in [0.25, 0.3) is 5.91 Å². The molecule has 4 heteroatoms. The fraction of sp³-hybridized carbons (Fsp3) is 0.333. The maximum Gasteiger partial charge on any atom is 0.271 e. The van der Waals surface area contributed by atoms with Crippen molar-refractivity contribution < 1.29 is 4.79 Å². The summed E-state index contributed by atoms with van der Waals surface area (Å²) in [6.45, 7) is 0. The molecule has 70 valence electrons. The molecule has 0 aromatic carbocycles. The standard InChI is InChI=1S/C9H11BrN2O/c1-12(2)9(13)8-4-3-7(5-10)6-11-8/h3-4,6H,5H2,1-2H3. The molecule has 0 aliphatic carbocycles. The zero-order valence-corrected chi connectivity index (χ0v) is 9.21. The molecule has 0 N–H and O–H groups in total. The first-order chi connectivity index (χ1) is 6.15. The van der Waals surface area contributed by atoms with Gasteiger partial charge in [-0.1, -0.05) is 22.0 Å². The van der Waals surface area contributed by atoms with E-state index >= 15 is 0 Å². The minimum absolute atomic E-state index is 0.0684. The van der Waals surface area contributed by atoms with Gasteiger partial charge < -0.3 is 4.90 Å². The predicted octanol–water partition coefficient (Wildman–Crippen LogP) is 1.68. The molecule has 0 atom stereocenters. The monoisotopic (exact) mass is 242 g/mol. The lowest BCUT2D eigenvalue weighted by atomic mass is 10.2. The molecule has 0 saturated carbocycles. The van der Waals surface area contributed by atoms with Crippen molar-refractivity contribution in [3.63, 3.8) is 0 Å². The number of hydrogen-bond donors (Lipinski definition) is 0. The number of hydrogen-bond acceptors (Lipinski definition) is 2. The lowest BCUT2D eigenvalue weighted by Crippen LogP contribution is -2.22. The highest BCUT2D eigenvalue weighted by molar-refractivity contribution is 9.08. The molecule has 0 fully saturated rings. The Labute approximate surface area is 85.9 Å². The van der Waals surface area contributed by atoms with Crippen molar-refractivity contribution in [1.29, 1.82) is 0 Å². The van der Waals surface area contributed by atoms with Crippen LogP contribution >= 0.6 is 15.9 Å². The van der Waals surface area contributed by atoms with E-state index in [9.17, 15) is 4.79 Å². The maximum atomic E-state index is 11.4. The van der Waals surface area contributed by atoms with Crippen molar-refractivity contribution in [2.24, 2.45) is 0 Å². The van der Waals surface area contributed by atoms with Crippen LogP contribution in [0.1, 0.15) is 16.1 Å². The summed E-state index contributed by atoms with van der Waals surface area (Å²) in [5.41, 5.74) is 1.55. The van der Waals surface area contributed by atoms with Crippen LogP contribution in [0.4, 0.5) is 0 Å². The van der Waals surface area contributed by atoms with Crippen molar-refractivity contribution in [2.75, 3.05) is 14.1 Å².